The van der Waals surface area contributed by atoms with Crippen LogP contribution in [0.5, 0.6) is 0 Å². The van der Waals surface area contributed by atoms with Crippen LogP contribution in [0.1, 0.15) is 30.0 Å². The number of carbonyl (C=O) groups excluding carboxylic acids is 1. The van der Waals surface area contributed by atoms with E-state index in [-0.39, 0.29) is 17.8 Å². The molecule has 0 N–H and O–H groups in total. The molecule has 1 aliphatic heterocycles. The third kappa shape index (κ3) is 4.39. The second kappa shape index (κ2) is 7.98. The van der Waals surface area contributed by atoms with E-state index in [9.17, 15) is 9.18 Å². The van der Waals surface area contributed by atoms with Crippen LogP contribution in [0.15, 0.2) is 48.5 Å². The van der Waals surface area contributed by atoms with Crippen LogP contribution in [0.25, 0.3) is 0 Å². The molecule has 1 saturated heterocycles. The summed E-state index contributed by atoms with van der Waals surface area (Å²) in [6.07, 6.45) is 2.07. The number of likely N-dealkylation sites (tertiary alicyclic amines) is 1. The zero-order valence-electron chi connectivity index (χ0n) is 14.3. The van der Waals surface area contributed by atoms with Crippen molar-refractivity contribution >= 4 is 17.5 Å². The van der Waals surface area contributed by atoms with Crippen molar-refractivity contribution in [2.45, 2.75) is 25.4 Å². The molecule has 3 rings (SSSR count). The van der Waals surface area contributed by atoms with E-state index in [0.29, 0.717) is 13.1 Å². The molecular formula is C20H22ClFN2O. The maximum absolute atomic E-state index is 13.0. The lowest BCUT2D eigenvalue weighted by Crippen LogP contribution is -2.37. The van der Waals surface area contributed by atoms with Crippen molar-refractivity contribution in [3.63, 3.8) is 0 Å². The van der Waals surface area contributed by atoms with Crippen LogP contribution < -0.4 is 0 Å². The molecule has 5 heteroatoms. The van der Waals surface area contributed by atoms with E-state index in [0.717, 1.165) is 35.5 Å². The Morgan fingerprint density at radius 1 is 1.24 bits per heavy atom. The van der Waals surface area contributed by atoms with E-state index < -0.39 is 0 Å². The quantitative estimate of drug-likeness (QED) is 0.794. The Morgan fingerprint density at radius 2 is 1.96 bits per heavy atom. The van der Waals surface area contributed by atoms with Crippen LogP contribution in [0.2, 0.25) is 5.02 Å². The van der Waals surface area contributed by atoms with Crippen molar-refractivity contribution in [2.75, 3.05) is 20.1 Å². The van der Waals surface area contributed by atoms with E-state index in [1.165, 1.54) is 12.1 Å². The predicted molar refractivity (Wildman–Crippen MR) is 97.9 cm³/mol. The monoisotopic (exact) mass is 360 g/mol. The summed E-state index contributed by atoms with van der Waals surface area (Å²) in [6.45, 7) is 1.74. The summed E-state index contributed by atoms with van der Waals surface area (Å²) in [4.78, 5) is 16.5. The van der Waals surface area contributed by atoms with Gasteiger partial charge >= 0.3 is 0 Å². The Balaban J connectivity index is 1.63. The first-order valence-electron chi connectivity index (χ1n) is 8.51. The third-order valence-electron chi connectivity index (χ3n) is 4.72. The number of carbonyl (C=O) groups is 1. The molecule has 3 nitrogen and oxygen atoms in total. The average Bonchev–Trinajstić information content (AvgIpc) is 3.05. The number of hydrogen-bond donors (Lipinski definition) is 0. The van der Waals surface area contributed by atoms with Crippen molar-refractivity contribution in [3.05, 3.63) is 70.5 Å². The van der Waals surface area contributed by atoms with Gasteiger partial charge in [0, 0.05) is 24.7 Å². The molecule has 1 unspecified atom stereocenters. The molecule has 0 radical (unpaired) electrons. The summed E-state index contributed by atoms with van der Waals surface area (Å²) >= 11 is 6.34. The standard InChI is InChI=1S/C20H22ClFN2O/c1-23(13-15-8-10-16(22)11-9-15)20(25)14-24-12-4-7-19(24)17-5-2-3-6-18(17)21/h2-3,5-6,8-11,19H,4,7,12-14H2,1H3. The van der Waals surface area contributed by atoms with Crippen LogP contribution in [0.4, 0.5) is 4.39 Å². The first-order valence-corrected chi connectivity index (χ1v) is 8.89. The van der Waals surface area contributed by atoms with E-state index in [1.807, 2.05) is 24.3 Å². The molecular weight excluding hydrogens is 339 g/mol. The highest BCUT2D eigenvalue weighted by molar-refractivity contribution is 6.31. The molecule has 1 amide bonds. The van der Waals surface area contributed by atoms with Gasteiger partial charge in [0.15, 0.2) is 0 Å². The second-order valence-electron chi connectivity index (χ2n) is 6.53. The summed E-state index contributed by atoms with van der Waals surface area (Å²) in [5.41, 5.74) is 2.01. The molecule has 0 bridgehead atoms. The van der Waals surface area contributed by atoms with Gasteiger partial charge in [-0.05, 0) is 48.7 Å². The SMILES string of the molecule is CN(Cc1ccc(F)cc1)C(=O)CN1CCCC1c1ccccc1Cl. The number of amides is 1. The van der Waals surface area contributed by atoms with Gasteiger partial charge in [0.2, 0.25) is 5.91 Å². The molecule has 0 aliphatic carbocycles. The molecule has 25 heavy (non-hydrogen) atoms. The van der Waals surface area contributed by atoms with Gasteiger partial charge in [0.05, 0.1) is 6.54 Å². The average molecular weight is 361 g/mol. The zero-order chi connectivity index (χ0) is 17.8. The molecule has 1 atom stereocenters. The smallest absolute Gasteiger partial charge is 0.236 e. The highest BCUT2D eigenvalue weighted by Gasteiger charge is 2.29. The number of hydrogen-bond acceptors (Lipinski definition) is 2. The third-order valence-corrected chi connectivity index (χ3v) is 5.07. The number of likely N-dealkylation sites (N-methyl/N-ethyl adjacent to an activating group) is 1. The predicted octanol–water partition coefficient (Wildman–Crippen LogP) is 4.27. The normalized spacial score (nSPS) is 17.6. The van der Waals surface area contributed by atoms with Crippen molar-refractivity contribution < 1.29 is 9.18 Å². The van der Waals surface area contributed by atoms with Crippen molar-refractivity contribution in [1.82, 2.24) is 9.80 Å². The fourth-order valence-electron chi connectivity index (χ4n) is 3.36. The molecule has 1 fully saturated rings. The highest BCUT2D eigenvalue weighted by atomic mass is 35.5. The molecule has 2 aromatic carbocycles. The lowest BCUT2D eigenvalue weighted by molar-refractivity contribution is -0.131. The topological polar surface area (TPSA) is 23.6 Å². The summed E-state index contributed by atoms with van der Waals surface area (Å²) in [5, 5.41) is 0.756. The van der Waals surface area contributed by atoms with Gasteiger partial charge in [-0.15, -0.1) is 0 Å². The number of rotatable bonds is 5. The molecule has 0 saturated carbocycles. The van der Waals surface area contributed by atoms with Gasteiger partial charge in [-0.1, -0.05) is 41.9 Å². The fraction of sp³-hybridized carbons (Fsp3) is 0.350. The Bertz CT molecular complexity index is 735. The molecule has 1 heterocycles. The minimum atomic E-state index is -0.266. The Morgan fingerprint density at radius 3 is 2.68 bits per heavy atom. The second-order valence-corrected chi connectivity index (χ2v) is 6.93. The van der Waals surface area contributed by atoms with Crippen molar-refractivity contribution in [3.8, 4) is 0 Å². The number of benzene rings is 2. The van der Waals surface area contributed by atoms with E-state index in [2.05, 4.69) is 4.90 Å². The summed E-state index contributed by atoms with van der Waals surface area (Å²) in [5.74, 6) is -0.208. The first kappa shape index (κ1) is 17.9. The lowest BCUT2D eigenvalue weighted by atomic mass is 10.0. The molecule has 2 aromatic rings. The highest BCUT2D eigenvalue weighted by Crippen LogP contribution is 2.35. The molecule has 1 aliphatic rings. The van der Waals surface area contributed by atoms with Gasteiger partial charge in [0.25, 0.3) is 0 Å². The van der Waals surface area contributed by atoms with Gasteiger partial charge in [-0.25, -0.2) is 4.39 Å². The van der Waals surface area contributed by atoms with E-state index in [1.54, 1.807) is 24.1 Å². The van der Waals surface area contributed by atoms with Crippen LogP contribution in [-0.2, 0) is 11.3 Å². The van der Waals surface area contributed by atoms with Gasteiger partial charge in [-0.2, -0.15) is 0 Å². The van der Waals surface area contributed by atoms with Gasteiger partial charge in [0.1, 0.15) is 5.82 Å². The maximum Gasteiger partial charge on any atom is 0.236 e. The minimum Gasteiger partial charge on any atom is -0.340 e. The first-order chi connectivity index (χ1) is 12.0. The van der Waals surface area contributed by atoms with Gasteiger partial charge < -0.3 is 4.90 Å². The minimum absolute atomic E-state index is 0.0586. The summed E-state index contributed by atoms with van der Waals surface area (Å²) < 4.78 is 13.0. The molecule has 0 aromatic heterocycles. The van der Waals surface area contributed by atoms with Gasteiger partial charge in [-0.3, -0.25) is 9.69 Å². The zero-order valence-corrected chi connectivity index (χ0v) is 15.0. The van der Waals surface area contributed by atoms with Crippen LogP contribution in [-0.4, -0.2) is 35.8 Å². The Labute approximate surface area is 153 Å². The van der Waals surface area contributed by atoms with E-state index in [4.69, 9.17) is 11.6 Å². The summed E-state index contributed by atoms with van der Waals surface area (Å²) in [6, 6.07) is 14.3. The fourth-order valence-corrected chi connectivity index (χ4v) is 3.62. The van der Waals surface area contributed by atoms with E-state index >= 15 is 0 Å². The Hall–Kier alpha value is -1.91. The maximum atomic E-state index is 13.0. The van der Waals surface area contributed by atoms with Crippen molar-refractivity contribution in [1.29, 1.82) is 0 Å². The lowest BCUT2D eigenvalue weighted by Gasteiger charge is -2.27. The van der Waals surface area contributed by atoms with Crippen LogP contribution in [0.3, 0.4) is 0 Å². The number of nitrogens with zero attached hydrogens (tertiary/aromatic N) is 2. The largest absolute Gasteiger partial charge is 0.340 e. The Kier molecular flexibility index (Phi) is 5.71. The molecule has 0 spiro atoms. The summed E-state index contributed by atoms with van der Waals surface area (Å²) in [7, 11) is 1.78. The van der Waals surface area contributed by atoms with Crippen LogP contribution >= 0.6 is 11.6 Å². The number of halogens is 2. The molecule has 132 valence electrons. The van der Waals surface area contributed by atoms with Crippen molar-refractivity contribution in [2.24, 2.45) is 0 Å². The van der Waals surface area contributed by atoms with Crippen LogP contribution in [0, 0.1) is 5.82 Å².